The van der Waals surface area contributed by atoms with Gasteiger partial charge in [-0.2, -0.15) is 5.10 Å². The predicted molar refractivity (Wildman–Crippen MR) is 68.9 cm³/mol. The van der Waals surface area contributed by atoms with E-state index < -0.39 is 5.97 Å². The first-order valence-corrected chi connectivity index (χ1v) is 5.79. The lowest BCUT2D eigenvalue weighted by atomic mass is 10.2. The minimum Gasteiger partial charge on any atom is -0.478 e. The van der Waals surface area contributed by atoms with Gasteiger partial charge in [0, 0.05) is 4.88 Å². The Morgan fingerprint density at radius 3 is 2.65 bits per heavy atom. The molecule has 1 aromatic carbocycles. The number of hydrazone groups is 1. The number of carbonyl (C=O) groups is 1. The van der Waals surface area contributed by atoms with Crippen LogP contribution in [-0.2, 0) is 0 Å². The van der Waals surface area contributed by atoms with Crippen LogP contribution in [-0.4, -0.2) is 17.3 Å². The van der Waals surface area contributed by atoms with Gasteiger partial charge in [-0.25, -0.2) is 4.79 Å². The first-order chi connectivity index (χ1) is 8.25. The Morgan fingerprint density at radius 1 is 1.29 bits per heavy atom. The zero-order chi connectivity index (χ0) is 12.1. The summed E-state index contributed by atoms with van der Waals surface area (Å²) in [7, 11) is 0. The van der Waals surface area contributed by atoms with Crippen LogP contribution in [0.2, 0.25) is 0 Å². The van der Waals surface area contributed by atoms with Gasteiger partial charge in [0.2, 0.25) is 0 Å². The maximum atomic E-state index is 10.6. The summed E-state index contributed by atoms with van der Waals surface area (Å²) in [6, 6.07) is 10.3. The zero-order valence-electron chi connectivity index (χ0n) is 8.83. The van der Waals surface area contributed by atoms with Crippen molar-refractivity contribution in [2.75, 3.05) is 5.43 Å². The smallest absolute Gasteiger partial charge is 0.335 e. The van der Waals surface area contributed by atoms with Gasteiger partial charge in [0.05, 0.1) is 17.5 Å². The molecule has 0 unspecified atom stereocenters. The van der Waals surface area contributed by atoms with E-state index in [4.69, 9.17) is 5.11 Å². The van der Waals surface area contributed by atoms with Crippen molar-refractivity contribution in [3.05, 3.63) is 52.2 Å². The molecular formula is C12H10N2O2S. The van der Waals surface area contributed by atoms with Crippen molar-refractivity contribution in [2.45, 2.75) is 0 Å². The zero-order valence-corrected chi connectivity index (χ0v) is 9.65. The van der Waals surface area contributed by atoms with Crippen LogP contribution >= 0.6 is 11.3 Å². The molecule has 0 radical (unpaired) electrons. The van der Waals surface area contributed by atoms with Crippen LogP contribution in [0, 0.1) is 0 Å². The van der Waals surface area contributed by atoms with E-state index in [1.54, 1.807) is 29.7 Å². The van der Waals surface area contributed by atoms with E-state index in [0.717, 1.165) is 10.6 Å². The lowest BCUT2D eigenvalue weighted by molar-refractivity contribution is 0.0697. The Hall–Kier alpha value is -2.14. The monoisotopic (exact) mass is 246 g/mol. The molecule has 17 heavy (non-hydrogen) atoms. The highest BCUT2D eigenvalue weighted by molar-refractivity contribution is 7.11. The van der Waals surface area contributed by atoms with Gasteiger partial charge in [0.1, 0.15) is 0 Å². The third-order valence-electron chi connectivity index (χ3n) is 2.06. The number of nitrogens with zero attached hydrogens (tertiary/aromatic N) is 1. The highest BCUT2D eigenvalue weighted by Gasteiger charge is 2.00. The quantitative estimate of drug-likeness (QED) is 0.644. The molecule has 0 amide bonds. The summed E-state index contributed by atoms with van der Waals surface area (Å²) >= 11 is 1.60. The van der Waals surface area contributed by atoms with Crippen LogP contribution in [0.4, 0.5) is 5.69 Å². The van der Waals surface area contributed by atoms with Crippen molar-refractivity contribution in [2.24, 2.45) is 5.10 Å². The first kappa shape index (κ1) is 11.3. The molecule has 2 N–H and O–H groups in total. The Labute approximate surface area is 102 Å². The fourth-order valence-electron chi connectivity index (χ4n) is 1.22. The first-order valence-electron chi connectivity index (χ1n) is 4.91. The Kier molecular flexibility index (Phi) is 3.52. The lowest BCUT2D eigenvalue weighted by Gasteiger charge is -1.99. The van der Waals surface area contributed by atoms with Crippen molar-refractivity contribution in [1.29, 1.82) is 0 Å². The van der Waals surface area contributed by atoms with Crippen molar-refractivity contribution in [3.8, 4) is 0 Å². The van der Waals surface area contributed by atoms with E-state index in [2.05, 4.69) is 10.5 Å². The number of carboxylic acid groups (broad SMARTS) is 1. The molecule has 1 aromatic heterocycles. The van der Waals surface area contributed by atoms with Crippen molar-refractivity contribution >= 4 is 29.2 Å². The van der Waals surface area contributed by atoms with Crippen LogP contribution in [0.5, 0.6) is 0 Å². The van der Waals surface area contributed by atoms with Gasteiger partial charge in [-0.05, 0) is 35.7 Å². The molecule has 0 bridgehead atoms. The number of hydrogen-bond acceptors (Lipinski definition) is 4. The molecule has 86 valence electrons. The van der Waals surface area contributed by atoms with E-state index in [1.165, 1.54) is 12.1 Å². The number of hydrogen-bond donors (Lipinski definition) is 2. The standard InChI is InChI=1S/C12H10N2O2S/c15-12(16)9-3-5-10(6-4-9)14-13-8-11-2-1-7-17-11/h1-8,14H,(H,15,16)/b13-8+. The minimum atomic E-state index is -0.932. The van der Waals surface area contributed by atoms with E-state index >= 15 is 0 Å². The number of thiophene rings is 1. The molecule has 0 aliphatic carbocycles. The van der Waals surface area contributed by atoms with Crippen LogP contribution in [0.25, 0.3) is 0 Å². The Balaban J connectivity index is 1.97. The largest absolute Gasteiger partial charge is 0.478 e. The topological polar surface area (TPSA) is 61.7 Å². The van der Waals surface area contributed by atoms with Gasteiger partial charge in [-0.1, -0.05) is 6.07 Å². The minimum absolute atomic E-state index is 0.262. The summed E-state index contributed by atoms with van der Waals surface area (Å²) in [5.74, 6) is -0.932. The summed E-state index contributed by atoms with van der Waals surface area (Å²) in [6.45, 7) is 0. The van der Waals surface area contributed by atoms with Crippen LogP contribution in [0.1, 0.15) is 15.2 Å². The molecule has 0 aliphatic heterocycles. The number of anilines is 1. The SMILES string of the molecule is O=C(O)c1ccc(N/N=C/c2cccs2)cc1. The summed E-state index contributed by atoms with van der Waals surface area (Å²) < 4.78 is 0. The molecule has 0 spiro atoms. The molecule has 5 heteroatoms. The molecule has 0 saturated heterocycles. The highest BCUT2D eigenvalue weighted by atomic mass is 32.1. The van der Waals surface area contributed by atoms with Gasteiger partial charge in [-0.15, -0.1) is 11.3 Å². The third kappa shape index (κ3) is 3.15. The second kappa shape index (κ2) is 5.27. The fraction of sp³-hybridized carbons (Fsp3) is 0. The number of benzene rings is 1. The molecule has 0 saturated carbocycles. The number of carboxylic acids is 1. The van der Waals surface area contributed by atoms with Gasteiger partial charge in [0.25, 0.3) is 0 Å². The van der Waals surface area contributed by atoms with E-state index in [1.807, 2.05) is 17.5 Å². The molecule has 0 atom stereocenters. The van der Waals surface area contributed by atoms with Crippen LogP contribution < -0.4 is 5.43 Å². The molecule has 0 aliphatic rings. The van der Waals surface area contributed by atoms with Gasteiger partial charge in [-0.3, -0.25) is 5.43 Å². The maximum Gasteiger partial charge on any atom is 0.335 e. The molecule has 0 fully saturated rings. The summed E-state index contributed by atoms with van der Waals surface area (Å²) in [4.78, 5) is 11.7. The molecule has 2 aromatic rings. The third-order valence-corrected chi connectivity index (χ3v) is 2.87. The molecule has 4 nitrogen and oxygen atoms in total. The van der Waals surface area contributed by atoms with Crippen LogP contribution in [0.15, 0.2) is 46.9 Å². The maximum absolute atomic E-state index is 10.6. The number of nitrogens with one attached hydrogen (secondary N) is 1. The predicted octanol–water partition coefficient (Wildman–Crippen LogP) is 2.89. The summed E-state index contributed by atoms with van der Waals surface area (Å²) in [5, 5.41) is 14.7. The summed E-state index contributed by atoms with van der Waals surface area (Å²) in [5.41, 5.74) is 3.85. The van der Waals surface area contributed by atoms with E-state index in [9.17, 15) is 4.79 Å². The van der Waals surface area contributed by atoms with Crippen molar-refractivity contribution in [3.63, 3.8) is 0 Å². The van der Waals surface area contributed by atoms with E-state index in [-0.39, 0.29) is 5.56 Å². The van der Waals surface area contributed by atoms with Crippen molar-refractivity contribution < 1.29 is 9.90 Å². The van der Waals surface area contributed by atoms with E-state index in [0.29, 0.717) is 0 Å². The molecule has 2 rings (SSSR count). The summed E-state index contributed by atoms with van der Waals surface area (Å²) in [6.07, 6.45) is 1.72. The average molecular weight is 246 g/mol. The van der Waals surface area contributed by atoms with Gasteiger partial charge >= 0.3 is 5.97 Å². The normalized spacial score (nSPS) is 10.6. The molecule has 1 heterocycles. The van der Waals surface area contributed by atoms with Crippen molar-refractivity contribution in [1.82, 2.24) is 0 Å². The average Bonchev–Trinajstić information content (AvgIpc) is 2.83. The fourth-order valence-corrected chi connectivity index (χ4v) is 1.81. The second-order valence-electron chi connectivity index (χ2n) is 3.27. The van der Waals surface area contributed by atoms with Gasteiger partial charge < -0.3 is 5.11 Å². The van der Waals surface area contributed by atoms with Crippen LogP contribution in [0.3, 0.4) is 0 Å². The molecular weight excluding hydrogens is 236 g/mol. The highest BCUT2D eigenvalue weighted by Crippen LogP contribution is 2.10. The Morgan fingerprint density at radius 2 is 2.06 bits per heavy atom. The number of rotatable bonds is 4. The Bertz CT molecular complexity index is 518. The second-order valence-corrected chi connectivity index (χ2v) is 4.25. The van der Waals surface area contributed by atoms with Gasteiger partial charge in [0.15, 0.2) is 0 Å². The number of aromatic carboxylic acids is 1. The lowest BCUT2D eigenvalue weighted by Crippen LogP contribution is -1.96.